The summed E-state index contributed by atoms with van der Waals surface area (Å²) < 4.78 is 0. The van der Waals surface area contributed by atoms with Gasteiger partial charge in [-0.3, -0.25) is 4.79 Å². The number of nitrogens with zero attached hydrogens (tertiary/aromatic N) is 1. The minimum Gasteiger partial charge on any atom is -0.409 e. The number of amidine groups is 1. The van der Waals surface area contributed by atoms with Gasteiger partial charge < -0.3 is 16.3 Å². The molecule has 0 aromatic rings. The fraction of sp³-hybridized carbons (Fsp3) is 0.857. The minimum absolute atomic E-state index is 0.0247. The first-order valence-electron chi connectivity index (χ1n) is 7.24. The molecule has 4 N–H and O–H groups in total. The molecule has 5 nitrogen and oxygen atoms in total. The molecule has 19 heavy (non-hydrogen) atoms. The summed E-state index contributed by atoms with van der Waals surface area (Å²) in [5, 5.41) is 14.9. The first kappa shape index (κ1) is 15.8. The largest absolute Gasteiger partial charge is 0.409 e. The fourth-order valence-corrected chi connectivity index (χ4v) is 2.69. The van der Waals surface area contributed by atoms with Crippen molar-refractivity contribution in [2.45, 2.75) is 65.3 Å². The Labute approximate surface area is 115 Å². The van der Waals surface area contributed by atoms with E-state index in [0.717, 1.165) is 0 Å². The summed E-state index contributed by atoms with van der Waals surface area (Å²) in [7, 11) is 0. The molecule has 0 aliphatic heterocycles. The first-order chi connectivity index (χ1) is 8.95. The molecule has 1 rings (SSSR count). The van der Waals surface area contributed by atoms with Crippen molar-refractivity contribution >= 4 is 11.7 Å². The Bertz CT molecular complexity index is 338. The molecular formula is C14H27N3O2. The maximum Gasteiger partial charge on any atom is 0.233 e. The van der Waals surface area contributed by atoms with Crippen LogP contribution in [0.25, 0.3) is 0 Å². The van der Waals surface area contributed by atoms with Crippen LogP contribution >= 0.6 is 0 Å². The third-order valence-electron chi connectivity index (χ3n) is 4.60. The average molecular weight is 269 g/mol. The number of carbonyl (C=O) groups is 1. The lowest BCUT2D eigenvalue weighted by atomic mass is 9.82. The van der Waals surface area contributed by atoms with Gasteiger partial charge in [0.15, 0.2) is 5.84 Å². The van der Waals surface area contributed by atoms with Gasteiger partial charge in [0.25, 0.3) is 0 Å². The van der Waals surface area contributed by atoms with Crippen molar-refractivity contribution < 1.29 is 10.0 Å². The smallest absolute Gasteiger partial charge is 0.233 e. The molecule has 0 saturated heterocycles. The van der Waals surface area contributed by atoms with Crippen LogP contribution in [-0.4, -0.2) is 23.0 Å². The van der Waals surface area contributed by atoms with Gasteiger partial charge in [-0.25, -0.2) is 0 Å². The predicted octanol–water partition coefficient (Wildman–Crippen LogP) is 2.23. The predicted molar refractivity (Wildman–Crippen MR) is 76.0 cm³/mol. The number of carbonyl (C=O) groups excluding carboxylic acids is 1. The van der Waals surface area contributed by atoms with E-state index in [1.807, 2.05) is 6.92 Å². The Morgan fingerprint density at radius 1 is 1.47 bits per heavy atom. The SMILES string of the molecule is CCC(C)(C(=O)NC(C)C1CCCCC1)C(N)=NO. The Morgan fingerprint density at radius 2 is 2.05 bits per heavy atom. The molecule has 0 bridgehead atoms. The van der Waals surface area contributed by atoms with Gasteiger partial charge in [-0.05, 0) is 39.0 Å². The van der Waals surface area contributed by atoms with Crippen LogP contribution in [0.3, 0.4) is 0 Å². The highest BCUT2D eigenvalue weighted by atomic mass is 16.4. The Kier molecular flexibility index (Phi) is 5.63. The normalized spacial score (nSPS) is 22.6. The topological polar surface area (TPSA) is 87.7 Å². The van der Waals surface area contributed by atoms with E-state index in [1.165, 1.54) is 32.1 Å². The molecule has 1 aliphatic rings. The second kappa shape index (κ2) is 6.78. The zero-order valence-corrected chi connectivity index (χ0v) is 12.3. The molecule has 2 atom stereocenters. The maximum absolute atomic E-state index is 12.4. The number of nitrogens with two attached hydrogens (primary N) is 1. The number of rotatable bonds is 5. The zero-order chi connectivity index (χ0) is 14.5. The number of nitrogens with one attached hydrogen (secondary N) is 1. The van der Waals surface area contributed by atoms with Crippen molar-refractivity contribution in [1.29, 1.82) is 0 Å². The molecule has 1 fully saturated rings. The molecule has 1 amide bonds. The van der Waals surface area contributed by atoms with Crippen molar-refractivity contribution in [3.05, 3.63) is 0 Å². The van der Waals surface area contributed by atoms with Crippen molar-refractivity contribution in [3.63, 3.8) is 0 Å². The monoisotopic (exact) mass is 269 g/mol. The average Bonchev–Trinajstić information content (AvgIpc) is 2.46. The lowest BCUT2D eigenvalue weighted by molar-refractivity contribution is -0.128. The summed E-state index contributed by atoms with van der Waals surface area (Å²) in [6, 6.07) is 0.144. The number of amides is 1. The van der Waals surface area contributed by atoms with Crippen LogP contribution < -0.4 is 11.1 Å². The highest BCUT2D eigenvalue weighted by Crippen LogP contribution is 2.28. The molecule has 0 aromatic carbocycles. The highest BCUT2D eigenvalue weighted by Gasteiger charge is 2.37. The van der Waals surface area contributed by atoms with E-state index in [1.54, 1.807) is 6.92 Å². The van der Waals surface area contributed by atoms with Gasteiger partial charge in [0, 0.05) is 6.04 Å². The quantitative estimate of drug-likeness (QED) is 0.309. The van der Waals surface area contributed by atoms with Gasteiger partial charge in [0.05, 0.1) is 0 Å². The Hall–Kier alpha value is -1.26. The van der Waals surface area contributed by atoms with E-state index < -0.39 is 5.41 Å². The second-order valence-corrected chi connectivity index (χ2v) is 5.83. The molecule has 1 aliphatic carbocycles. The molecule has 1 saturated carbocycles. The van der Waals surface area contributed by atoms with Crippen LogP contribution in [0.15, 0.2) is 5.16 Å². The summed E-state index contributed by atoms with van der Waals surface area (Å²) in [6.07, 6.45) is 6.65. The summed E-state index contributed by atoms with van der Waals surface area (Å²) in [5.74, 6) is 0.373. The van der Waals surface area contributed by atoms with Crippen molar-refractivity contribution in [1.82, 2.24) is 5.32 Å². The van der Waals surface area contributed by atoms with Gasteiger partial charge in [0.2, 0.25) is 5.91 Å². The Morgan fingerprint density at radius 3 is 2.53 bits per heavy atom. The van der Waals surface area contributed by atoms with Crippen LogP contribution in [-0.2, 0) is 4.79 Å². The van der Waals surface area contributed by atoms with E-state index in [4.69, 9.17) is 10.9 Å². The highest BCUT2D eigenvalue weighted by molar-refractivity contribution is 6.06. The van der Waals surface area contributed by atoms with E-state index in [0.29, 0.717) is 12.3 Å². The molecule has 0 spiro atoms. The summed E-state index contributed by atoms with van der Waals surface area (Å²) in [5.41, 5.74) is 4.72. The van der Waals surface area contributed by atoms with Crippen LogP contribution in [0.2, 0.25) is 0 Å². The molecule has 0 heterocycles. The van der Waals surface area contributed by atoms with Crippen molar-refractivity contribution in [3.8, 4) is 0 Å². The number of hydrogen-bond donors (Lipinski definition) is 3. The summed E-state index contributed by atoms with van der Waals surface area (Å²) in [6.45, 7) is 5.63. The minimum atomic E-state index is -0.933. The lowest BCUT2D eigenvalue weighted by Crippen LogP contribution is -2.51. The molecule has 2 unspecified atom stereocenters. The van der Waals surface area contributed by atoms with Crippen molar-refractivity contribution in [2.24, 2.45) is 22.2 Å². The number of oxime groups is 1. The Balaban J connectivity index is 2.66. The summed E-state index contributed by atoms with van der Waals surface area (Å²) in [4.78, 5) is 12.4. The third kappa shape index (κ3) is 3.61. The van der Waals surface area contributed by atoms with Gasteiger partial charge >= 0.3 is 0 Å². The van der Waals surface area contributed by atoms with Crippen LogP contribution in [0.4, 0.5) is 0 Å². The van der Waals surface area contributed by atoms with E-state index in [9.17, 15) is 4.79 Å². The third-order valence-corrected chi connectivity index (χ3v) is 4.60. The van der Waals surface area contributed by atoms with Gasteiger partial charge in [0.1, 0.15) is 5.41 Å². The van der Waals surface area contributed by atoms with Crippen molar-refractivity contribution in [2.75, 3.05) is 0 Å². The van der Waals surface area contributed by atoms with Crippen LogP contribution in [0.1, 0.15) is 59.3 Å². The fourth-order valence-electron chi connectivity index (χ4n) is 2.69. The molecule has 0 aromatic heterocycles. The first-order valence-corrected chi connectivity index (χ1v) is 7.24. The number of hydrogen-bond acceptors (Lipinski definition) is 3. The molecule has 110 valence electrons. The standard InChI is InChI=1S/C14H27N3O2/c1-4-14(3,12(15)17-19)13(18)16-10(2)11-8-6-5-7-9-11/h10-11,19H,4-9H2,1-3H3,(H2,15,17)(H,16,18). The van der Waals surface area contributed by atoms with Gasteiger partial charge in [-0.1, -0.05) is 31.3 Å². The van der Waals surface area contributed by atoms with E-state index >= 15 is 0 Å². The van der Waals surface area contributed by atoms with Gasteiger partial charge in [-0.15, -0.1) is 0 Å². The molecule has 5 heteroatoms. The molecular weight excluding hydrogens is 242 g/mol. The summed E-state index contributed by atoms with van der Waals surface area (Å²) >= 11 is 0. The zero-order valence-electron chi connectivity index (χ0n) is 12.3. The van der Waals surface area contributed by atoms with Gasteiger partial charge in [-0.2, -0.15) is 0 Å². The lowest BCUT2D eigenvalue weighted by Gasteiger charge is -2.32. The second-order valence-electron chi connectivity index (χ2n) is 5.83. The van der Waals surface area contributed by atoms with E-state index in [-0.39, 0.29) is 17.8 Å². The maximum atomic E-state index is 12.4. The van der Waals surface area contributed by atoms with E-state index in [2.05, 4.69) is 17.4 Å². The molecule has 0 radical (unpaired) electrons. The van der Waals surface area contributed by atoms with Crippen LogP contribution in [0, 0.1) is 11.3 Å². The van der Waals surface area contributed by atoms with Crippen LogP contribution in [0.5, 0.6) is 0 Å².